The van der Waals surface area contributed by atoms with Crippen LogP contribution < -0.4 is 8.91 Å². The molecule has 3 aromatic carbocycles. The molecule has 0 fully saturated rings. The standard InChI is InChI=1S/C25H25F2NO7S2/c1-25(2,3)34-24(29)21(28-36(30,31)22-10-6-4-8-19(22)26)16-17-12-14-18(15-13-17)35-37(32,33)23-11-7-5-9-20(23)27/h4-15,21,28H,16H2,1-3H3/t21-/m1/s1. The highest BCUT2D eigenvalue weighted by molar-refractivity contribution is 7.89. The van der Waals surface area contributed by atoms with E-state index in [4.69, 9.17) is 8.92 Å². The van der Waals surface area contributed by atoms with Crippen LogP contribution in [-0.2, 0) is 36.1 Å². The molecule has 0 aliphatic rings. The number of rotatable bonds is 9. The van der Waals surface area contributed by atoms with Gasteiger partial charge in [-0.1, -0.05) is 36.4 Å². The molecule has 0 radical (unpaired) electrons. The van der Waals surface area contributed by atoms with E-state index in [2.05, 4.69) is 4.72 Å². The summed E-state index contributed by atoms with van der Waals surface area (Å²) in [5.41, 5.74) is -0.528. The van der Waals surface area contributed by atoms with Crippen LogP contribution in [0.25, 0.3) is 0 Å². The summed E-state index contributed by atoms with van der Waals surface area (Å²) in [6.07, 6.45) is -0.205. The van der Waals surface area contributed by atoms with Crippen LogP contribution in [0.15, 0.2) is 82.6 Å². The summed E-state index contributed by atoms with van der Waals surface area (Å²) in [6.45, 7) is 4.82. The van der Waals surface area contributed by atoms with E-state index in [0.717, 1.165) is 24.3 Å². The number of carbonyl (C=O) groups excluding carboxylic acids is 1. The van der Waals surface area contributed by atoms with Crippen LogP contribution in [0.1, 0.15) is 26.3 Å². The molecule has 0 heterocycles. The number of halogens is 2. The van der Waals surface area contributed by atoms with Crippen molar-refractivity contribution in [3.8, 4) is 5.75 Å². The third kappa shape index (κ3) is 7.57. The molecule has 0 unspecified atom stereocenters. The lowest BCUT2D eigenvalue weighted by Crippen LogP contribution is -2.45. The molecule has 37 heavy (non-hydrogen) atoms. The van der Waals surface area contributed by atoms with Gasteiger partial charge in [0.15, 0.2) is 0 Å². The van der Waals surface area contributed by atoms with E-state index in [-0.39, 0.29) is 12.2 Å². The monoisotopic (exact) mass is 553 g/mol. The van der Waals surface area contributed by atoms with Crippen LogP contribution in [0.3, 0.4) is 0 Å². The Kier molecular flexibility index (Phi) is 8.35. The highest BCUT2D eigenvalue weighted by atomic mass is 32.2. The number of benzene rings is 3. The lowest BCUT2D eigenvalue weighted by Gasteiger charge is -2.24. The SMILES string of the molecule is CC(C)(C)OC(=O)[C@@H](Cc1ccc(OS(=O)(=O)c2ccccc2F)cc1)NS(=O)(=O)c1ccccc1F. The molecule has 0 aliphatic carbocycles. The number of esters is 1. The summed E-state index contributed by atoms with van der Waals surface area (Å²) in [5, 5.41) is 0. The van der Waals surface area contributed by atoms with Gasteiger partial charge in [0.1, 0.15) is 38.8 Å². The van der Waals surface area contributed by atoms with Crippen molar-refractivity contribution in [3.05, 3.63) is 90.0 Å². The summed E-state index contributed by atoms with van der Waals surface area (Å²) < 4.78 is 91.0. The van der Waals surface area contributed by atoms with Crippen molar-refractivity contribution in [2.45, 2.75) is 48.6 Å². The average molecular weight is 554 g/mol. The minimum absolute atomic E-state index is 0.132. The van der Waals surface area contributed by atoms with Crippen LogP contribution in [-0.4, -0.2) is 34.4 Å². The second-order valence-electron chi connectivity index (χ2n) is 8.95. The molecule has 0 spiro atoms. The van der Waals surface area contributed by atoms with Gasteiger partial charge in [0, 0.05) is 0 Å². The van der Waals surface area contributed by atoms with Crippen LogP contribution >= 0.6 is 0 Å². The number of hydrogen-bond acceptors (Lipinski definition) is 7. The summed E-state index contributed by atoms with van der Waals surface area (Å²) in [7, 11) is -8.89. The Hall–Kier alpha value is -3.35. The highest BCUT2D eigenvalue weighted by Crippen LogP contribution is 2.22. The molecular formula is C25H25F2NO7S2. The van der Waals surface area contributed by atoms with Gasteiger partial charge in [0.05, 0.1) is 0 Å². The molecule has 1 N–H and O–H groups in total. The fourth-order valence-corrected chi connectivity index (χ4v) is 5.47. The van der Waals surface area contributed by atoms with Gasteiger partial charge in [-0.05, 0) is 69.2 Å². The zero-order chi connectivity index (χ0) is 27.4. The van der Waals surface area contributed by atoms with E-state index < -0.39 is 59.2 Å². The van der Waals surface area contributed by atoms with Crippen LogP contribution in [0.5, 0.6) is 5.75 Å². The second kappa shape index (κ2) is 11.0. The number of hydrogen-bond donors (Lipinski definition) is 1. The molecule has 198 valence electrons. The Morgan fingerprint density at radius 3 is 1.86 bits per heavy atom. The van der Waals surface area contributed by atoms with Crippen molar-refractivity contribution in [2.75, 3.05) is 0 Å². The van der Waals surface area contributed by atoms with Gasteiger partial charge in [-0.25, -0.2) is 17.2 Å². The Morgan fingerprint density at radius 2 is 1.35 bits per heavy atom. The zero-order valence-electron chi connectivity index (χ0n) is 20.1. The van der Waals surface area contributed by atoms with Gasteiger partial charge < -0.3 is 8.92 Å². The molecule has 0 saturated carbocycles. The van der Waals surface area contributed by atoms with Gasteiger partial charge in [0.25, 0.3) is 0 Å². The van der Waals surface area contributed by atoms with E-state index in [1.54, 1.807) is 20.8 Å². The summed E-state index contributed by atoms with van der Waals surface area (Å²) in [4.78, 5) is 11.6. The molecule has 0 aliphatic heterocycles. The lowest BCUT2D eigenvalue weighted by molar-refractivity contribution is -0.156. The molecular weight excluding hydrogens is 528 g/mol. The van der Waals surface area contributed by atoms with Crippen LogP contribution in [0, 0.1) is 11.6 Å². The van der Waals surface area contributed by atoms with E-state index in [0.29, 0.717) is 5.56 Å². The number of nitrogens with one attached hydrogen (secondary N) is 1. The first-order valence-corrected chi connectivity index (χ1v) is 13.8. The van der Waals surface area contributed by atoms with Crippen molar-refractivity contribution in [3.63, 3.8) is 0 Å². The Morgan fingerprint density at radius 1 is 0.838 bits per heavy atom. The van der Waals surface area contributed by atoms with Crippen LogP contribution in [0.4, 0.5) is 8.78 Å². The maximum absolute atomic E-state index is 14.1. The van der Waals surface area contributed by atoms with Gasteiger partial charge in [-0.15, -0.1) is 0 Å². The molecule has 0 aromatic heterocycles. The largest absolute Gasteiger partial charge is 0.459 e. The molecule has 8 nitrogen and oxygen atoms in total. The molecule has 12 heteroatoms. The predicted octanol–water partition coefficient (Wildman–Crippen LogP) is 3.96. The summed E-state index contributed by atoms with van der Waals surface area (Å²) >= 11 is 0. The minimum Gasteiger partial charge on any atom is -0.459 e. The van der Waals surface area contributed by atoms with Crippen molar-refractivity contribution in [1.82, 2.24) is 4.72 Å². The van der Waals surface area contributed by atoms with Gasteiger partial charge in [-0.3, -0.25) is 4.79 Å². The predicted molar refractivity (Wildman–Crippen MR) is 131 cm³/mol. The average Bonchev–Trinajstić information content (AvgIpc) is 2.79. The first-order valence-electron chi connectivity index (χ1n) is 11.0. The highest BCUT2D eigenvalue weighted by Gasteiger charge is 2.31. The zero-order valence-corrected chi connectivity index (χ0v) is 21.8. The molecule has 1 atom stereocenters. The van der Waals surface area contributed by atoms with Gasteiger partial charge in [0.2, 0.25) is 10.0 Å². The van der Waals surface area contributed by atoms with E-state index in [1.165, 1.54) is 48.5 Å². The van der Waals surface area contributed by atoms with Gasteiger partial charge >= 0.3 is 16.1 Å². The molecule has 3 aromatic rings. The first-order chi connectivity index (χ1) is 17.2. The smallest absolute Gasteiger partial charge is 0.342 e. The van der Waals surface area contributed by atoms with Crippen molar-refractivity contribution in [2.24, 2.45) is 0 Å². The molecule has 0 amide bonds. The van der Waals surface area contributed by atoms with Crippen molar-refractivity contribution < 1.29 is 39.3 Å². The third-order valence-electron chi connectivity index (χ3n) is 4.79. The van der Waals surface area contributed by atoms with Gasteiger partial charge in [-0.2, -0.15) is 13.1 Å². The van der Waals surface area contributed by atoms with Crippen LogP contribution in [0.2, 0.25) is 0 Å². The maximum Gasteiger partial charge on any atom is 0.342 e. The molecule has 0 bridgehead atoms. The lowest BCUT2D eigenvalue weighted by atomic mass is 10.1. The number of sulfonamides is 1. The van der Waals surface area contributed by atoms with Crippen molar-refractivity contribution >= 4 is 26.1 Å². The number of carbonyl (C=O) groups is 1. The Labute approximate surface area is 214 Å². The minimum atomic E-state index is -4.45. The fraction of sp³-hybridized carbons (Fsp3) is 0.240. The van der Waals surface area contributed by atoms with E-state index >= 15 is 0 Å². The second-order valence-corrected chi connectivity index (χ2v) is 12.2. The Balaban J connectivity index is 1.83. The summed E-state index contributed by atoms with van der Waals surface area (Å²) in [5.74, 6) is -2.99. The van der Waals surface area contributed by atoms with Crippen molar-refractivity contribution in [1.29, 1.82) is 0 Å². The molecule has 3 rings (SSSR count). The normalized spacial score (nSPS) is 13.1. The number of ether oxygens (including phenoxy) is 1. The third-order valence-corrected chi connectivity index (χ3v) is 7.58. The molecule has 0 saturated heterocycles. The quantitative estimate of drug-likeness (QED) is 0.315. The topological polar surface area (TPSA) is 116 Å². The van der Waals surface area contributed by atoms with E-state index in [9.17, 15) is 30.4 Å². The Bertz CT molecular complexity index is 1480. The first kappa shape index (κ1) is 28.2. The summed E-state index contributed by atoms with van der Waals surface area (Å²) in [6, 6.07) is 13.4. The fourth-order valence-electron chi connectivity index (χ4n) is 3.20. The maximum atomic E-state index is 14.1. The van der Waals surface area contributed by atoms with E-state index in [1.807, 2.05) is 0 Å².